The van der Waals surface area contributed by atoms with Crippen LogP contribution in [-0.4, -0.2) is 49.7 Å². The Bertz CT molecular complexity index is 803. The van der Waals surface area contributed by atoms with E-state index >= 15 is 0 Å². The van der Waals surface area contributed by atoms with E-state index in [0.717, 1.165) is 27.9 Å². The van der Waals surface area contributed by atoms with Crippen LogP contribution in [0.1, 0.15) is 5.69 Å². The molecule has 0 aliphatic rings. The number of rotatable bonds is 9. The lowest BCUT2D eigenvalue weighted by Crippen LogP contribution is -2.11. The van der Waals surface area contributed by atoms with E-state index in [-0.39, 0.29) is 6.61 Å². The Hall–Kier alpha value is -2.18. The minimum absolute atomic E-state index is 0.124. The van der Waals surface area contributed by atoms with E-state index in [2.05, 4.69) is 16.0 Å². The molecule has 0 fully saturated rings. The SMILES string of the molecule is Cc1nccc2c1[nH]c1cc(OCCOCCOCC[18F])ccc12. The van der Waals surface area contributed by atoms with E-state index in [1.807, 2.05) is 31.3 Å². The van der Waals surface area contributed by atoms with Gasteiger partial charge in [0, 0.05) is 23.0 Å². The maximum Gasteiger partial charge on any atom is 0.121 e. The van der Waals surface area contributed by atoms with Gasteiger partial charge in [-0.2, -0.15) is 0 Å². The van der Waals surface area contributed by atoms with Crippen molar-refractivity contribution in [3.63, 3.8) is 0 Å². The fourth-order valence-electron chi connectivity index (χ4n) is 2.63. The maximum atomic E-state index is 11.8. The van der Waals surface area contributed by atoms with E-state index in [1.54, 1.807) is 0 Å². The molecule has 5 nitrogen and oxygen atoms in total. The standard InChI is InChI=1S/C18H21FN2O3/c1-13-18-16(4-6-20-13)15-3-2-14(12-17(15)21-18)24-11-10-23-9-8-22-7-5-19/h2-4,6,12,21H,5,7-11H2,1H3/i19-1. The maximum absolute atomic E-state index is 11.8. The second-order valence-electron chi connectivity index (χ2n) is 5.41. The van der Waals surface area contributed by atoms with Crippen molar-refractivity contribution >= 4 is 21.8 Å². The van der Waals surface area contributed by atoms with E-state index in [9.17, 15) is 4.39 Å². The molecule has 128 valence electrons. The molecule has 0 amide bonds. The molecule has 2 heterocycles. The number of aromatic nitrogens is 2. The Morgan fingerprint density at radius 3 is 2.62 bits per heavy atom. The summed E-state index contributed by atoms with van der Waals surface area (Å²) >= 11 is 0. The summed E-state index contributed by atoms with van der Waals surface area (Å²) in [6.07, 6.45) is 1.82. The molecule has 3 rings (SSSR count). The summed E-state index contributed by atoms with van der Waals surface area (Å²) in [7, 11) is 0. The highest BCUT2D eigenvalue weighted by molar-refractivity contribution is 6.08. The third kappa shape index (κ3) is 3.83. The summed E-state index contributed by atoms with van der Waals surface area (Å²) in [4.78, 5) is 7.71. The topological polar surface area (TPSA) is 56.4 Å². The molecule has 0 unspecified atom stereocenters. The lowest BCUT2D eigenvalue weighted by molar-refractivity contribution is 0.0325. The van der Waals surface area contributed by atoms with Gasteiger partial charge < -0.3 is 19.2 Å². The minimum Gasteiger partial charge on any atom is -0.491 e. The van der Waals surface area contributed by atoms with Gasteiger partial charge in [0.1, 0.15) is 19.0 Å². The third-order valence-electron chi connectivity index (χ3n) is 3.77. The fourth-order valence-corrected chi connectivity index (χ4v) is 2.63. The number of hydrogen-bond donors (Lipinski definition) is 1. The zero-order valence-electron chi connectivity index (χ0n) is 13.7. The number of ether oxygens (including phenoxy) is 3. The highest BCUT2D eigenvalue weighted by atomic mass is 18.2. The van der Waals surface area contributed by atoms with Gasteiger partial charge in [0.15, 0.2) is 0 Å². The molecule has 2 aromatic heterocycles. The molecular formula is C18H21FN2O3. The van der Waals surface area contributed by atoms with Gasteiger partial charge >= 0.3 is 0 Å². The van der Waals surface area contributed by atoms with Crippen LogP contribution in [0.5, 0.6) is 5.75 Å². The first-order valence-corrected chi connectivity index (χ1v) is 8.01. The van der Waals surface area contributed by atoms with Crippen LogP contribution in [0.3, 0.4) is 0 Å². The number of H-pyrrole nitrogens is 1. The van der Waals surface area contributed by atoms with Gasteiger partial charge in [0.2, 0.25) is 0 Å². The Morgan fingerprint density at radius 1 is 1.00 bits per heavy atom. The number of nitrogens with zero attached hydrogens (tertiary/aromatic N) is 1. The average molecular weight is 331 g/mol. The largest absolute Gasteiger partial charge is 0.491 e. The first kappa shape index (κ1) is 16.7. The Kier molecular flexibility index (Phi) is 5.61. The van der Waals surface area contributed by atoms with Crippen molar-refractivity contribution in [2.75, 3.05) is 39.7 Å². The normalized spacial score (nSPS) is 11.4. The van der Waals surface area contributed by atoms with Crippen LogP contribution in [0.25, 0.3) is 21.8 Å². The Morgan fingerprint density at radius 2 is 1.79 bits per heavy atom. The van der Waals surface area contributed by atoms with Crippen molar-refractivity contribution in [1.29, 1.82) is 0 Å². The first-order chi connectivity index (χ1) is 11.8. The number of aromatic amines is 1. The van der Waals surface area contributed by atoms with Gasteiger partial charge in [0.05, 0.1) is 43.2 Å². The molecule has 1 aromatic carbocycles. The zero-order valence-corrected chi connectivity index (χ0v) is 13.7. The van der Waals surface area contributed by atoms with Gasteiger partial charge in [-0.15, -0.1) is 0 Å². The van der Waals surface area contributed by atoms with Crippen molar-refractivity contribution in [2.45, 2.75) is 6.92 Å². The van der Waals surface area contributed by atoms with E-state index in [4.69, 9.17) is 14.2 Å². The molecule has 6 heteroatoms. The molecule has 0 atom stereocenters. The van der Waals surface area contributed by atoms with Crippen LogP contribution in [0.2, 0.25) is 0 Å². The predicted molar refractivity (Wildman–Crippen MR) is 91.4 cm³/mol. The van der Waals surface area contributed by atoms with Gasteiger partial charge in [-0.25, -0.2) is 4.39 Å². The predicted octanol–water partition coefficient (Wildman–Crippen LogP) is 3.41. The zero-order chi connectivity index (χ0) is 16.8. The minimum atomic E-state index is -0.463. The van der Waals surface area contributed by atoms with Crippen LogP contribution in [0, 0.1) is 6.92 Å². The number of pyridine rings is 1. The summed E-state index contributed by atoms with van der Waals surface area (Å²) in [5.41, 5.74) is 3.06. The van der Waals surface area contributed by atoms with Gasteiger partial charge in [-0.05, 0) is 25.1 Å². The van der Waals surface area contributed by atoms with Crippen molar-refractivity contribution in [2.24, 2.45) is 0 Å². The van der Waals surface area contributed by atoms with Crippen molar-refractivity contribution in [1.82, 2.24) is 9.97 Å². The molecule has 3 aromatic rings. The van der Waals surface area contributed by atoms with Crippen LogP contribution in [-0.2, 0) is 9.47 Å². The van der Waals surface area contributed by atoms with E-state index < -0.39 is 6.67 Å². The lowest BCUT2D eigenvalue weighted by Gasteiger charge is -2.07. The number of halogens is 1. The number of benzene rings is 1. The van der Waals surface area contributed by atoms with Gasteiger partial charge in [-0.1, -0.05) is 0 Å². The highest BCUT2D eigenvalue weighted by Crippen LogP contribution is 2.29. The first-order valence-electron chi connectivity index (χ1n) is 8.01. The average Bonchev–Trinajstić information content (AvgIpc) is 2.97. The molecular weight excluding hydrogens is 310 g/mol. The quantitative estimate of drug-likeness (QED) is 0.611. The lowest BCUT2D eigenvalue weighted by atomic mass is 10.1. The fraction of sp³-hybridized carbons (Fsp3) is 0.389. The summed E-state index contributed by atoms with van der Waals surface area (Å²) in [5.74, 6) is 0.789. The molecule has 0 spiro atoms. The molecule has 24 heavy (non-hydrogen) atoms. The molecule has 0 saturated heterocycles. The summed E-state index contributed by atoms with van der Waals surface area (Å²) in [6.45, 7) is 3.41. The highest BCUT2D eigenvalue weighted by Gasteiger charge is 2.07. The molecule has 1 N–H and O–H groups in total. The number of hydrogen-bond acceptors (Lipinski definition) is 4. The van der Waals surface area contributed by atoms with E-state index in [1.165, 1.54) is 5.39 Å². The summed E-state index contributed by atoms with van der Waals surface area (Å²) in [6, 6.07) is 8.00. The van der Waals surface area contributed by atoms with E-state index in [0.29, 0.717) is 26.4 Å². The van der Waals surface area contributed by atoms with Crippen LogP contribution < -0.4 is 4.74 Å². The van der Waals surface area contributed by atoms with Crippen molar-refractivity contribution in [3.05, 3.63) is 36.2 Å². The molecule has 0 radical (unpaired) electrons. The smallest absolute Gasteiger partial charge is 0.121 e. The number of nitrogens with one attached hydrogen (secondary N) is 1. The molecule has 0 saturated carbocycles. The second-order valence-corrected chi connectivity index (χ2v) is 5.41. The second kappa shape index (κ2) is 8.08. The van der Waals surface area contributed by atoms with Crippen LogP contribution in [0.4, 0.5) is 4.39 Å². The van der Waals surface area contributed by atoms with Gasteiger partial charge in [0.25, 0.3) is 0 Å². The number of fused-ring (bicyclic) bond motifs is 3. The van der Waals surface area contributed by atoms with Gasteiger partial charge in [-0.3, -0.25) is 4.98 Å². The van der Waals surface area contributed by atoms with Crippen LogP contribution >= 0.6 is 0 Å². The van der Waals surface area contributed by atoms with Crippen molar-refractivity contribution in [3.8, 4) is 5.75 Å². The Balaban J connectivity index is 1.54. The van der Waals surface area contributed by atoms with Crippen LogP contribution in [0.15, 0.2) is 30.5 Å². The third-order valence-corrected chi connectivity index (χ3v) is 3.77. The molecule has 0 bridgehead atoms. The van der Waals surface area contributed by atoms with Crippen molar-refractivity contribution < 1.29 is 18.6 Å². The summed E-state index contributed by atoms with van der Waals surface area (Å²) < 4.78 is 27.9. The number of alkyl halides is 1. The summed E-state index contributed by atoms with van der Waals surface area (Å²) in [5, 5.41) is 2.32. The number of aryl methyl sites for hydroxylation is 1. The monoisotopic (exact) mass is 331 g/mol. The molecule has 0 aliphatic carbocycles. The molecule has 0 aliphatic heterocycles. The Labute approximate surface area is 139 Å².